The number of aromatic amines is 1. The summed E-state index contributed by atoms with van der Waals surface area (Å²) >= 11 is 0. The zero-order valence-corrected chi connectivity index (χ0v) is 10.3. The van der Waals surface area contributed by atoms with Crippen LogP contribution in [0.5, 0.6) is 0 Å². The highest BCUT2D eigenvalue weighted by Crippen LogP contribution is 2.23. The van der Waals surface area contributed by atoms with Crippen LogP contribution < -0.4 is 10.6 Å². The molecule has 1 atom stereocenters. The van der Waals surface area contributed by atoms with Gasteiger partial charge in [-0.3, -0.25) is 5.10 Å². The molecule has 1 aliphatic heterocycles. The normalized spacial score (nSPS) is 19.2. The van der Waals surface area contributed by atoms with Crippen LogP contribution in [0.3, 0.4) is 0 Å². The number of hydrogen-bond acceptors (Lipinski definition) is 3. The van der Waals surface area contributed by atoms with E-state index in [0.29, 0.717) is 6.04 Å². The van der Waals surface area contributed by atoms with E-state index in [2.05, 4.69) is 45.1 Å². The lowest BCUT2D eigenvalue weighted by atomic mass is 9.99. The van der Waals surface area contributed by atoms with Crippen LogP contribution in [0.15, 0.2) is 36.5 Å². The zero-order valence-electron chi connectivity index (χ0n) is 10.3. The van der Waals surface area contributed by atoms with Gasteiger partial charge in [0, 0.05) is 31.0 Å². The van der Waals surface area contributed by atoms with Crippen LogP contribution in [-0.4, -0.2) is 16.7 Å². The summed E-state index contributed by atoms with van der Waals surface area (Å²) in [5, 5.41) is 14.0. The monoisotopic (exact) mass is 242 g/mol. The third kappa shape index (κ3) is 2.44. The SMILES string of the molecule is c1ccc2c(c1)CNCCC2NCc1ccn[nH]1. The lowest BCUT2D eigenvalue weighted by Crippen LogP contribution is -2.22. The molecule has 1 unspecified atom stereocenters. The molecule has 0 radical (unpaired) electrons. The van der Waals surface area contributed by atoms with Crippen molar-refractivity contribution >= 4 is 0 Å². The molecule has 3 rings (SSSR count). The van der Waals surface area contributed by atoms with Crippen molar-refractivity contribution in [2.75, 3.05) is 6.54 Å². The summed E-state index contributed by atoms with van der Waals surface area (Å²) in [5.41, 5.74) is 3.95. The summed E-state index contributed by atoms with van der Waals surface area (Å²) in [7, 11) is 0. The molecule has 3 N–H and O–H groups in total. The van der Waals surface area contributed by atoms with Crippen molar-refractivity contribution in [1.29, 1.82) is 0 Å². The number of nitrogens with zero attached hydrogens (tertiary/aromatic N) is 1. The molecular formula is C14H18N4. The molecule has 4 heteroatoms. The molecule has 18 heavy (non-hydrogen) atoms. The number of benzene rings is 1. The molecule has 0 saturated heterocycles. The summed E-state index contributed by atoms with van der Waals surface area (Å²) < 4.78 is 0. The van der Waals surface area contributed by atoms with Crippen LogP contribution in [0.1, 0.15) is 29.3 Å². The van der Waals surface area contributed by atoms with Gasteiger partial charge in [0.2, 0.25) is 0 Å². The Morgan fingerprint density at radius 2 is 2.22 bits per heavy atom. The van der Waals surface area contributed by atoms with Crippen LogP contribution in [0.2, 0.25) is 0 Å². The number of aromatic nitrogens is 2. The van der Waals surface area contributed by atoms with Gasteiger partial charge in [0.15, 0.2) is 0 Å². The van der Waals surface area contributed by atoms with Gasteiger partial charge < -0.3 is 10.6 Å². The fraction of sp³-hybridized carbons (Fsp3) is 0.357. The Kier molecular flexibility index (Phi) is 3.39. The summed E-state index contributed by atoms with van der Waals surface area (Å²) in [4.78, 5) is 0. The topological polar surface area (TPSA) is 52.7 Å². The van der Waals surface area contributed by atoms with E-state index in [-0.39, 0.29) is 0 Å². The van der Waals surface area contributed by atoms with Crippen LogP contribution >= 0.6 is 0 Å². The van der Waals surface area contributed by atoms with Gasteiger partial charge in [0.25, 0.3) is 0 Å². The molecule has 0 saturated carbocycles. The number of rotatable bonds is 3. The Morgan fingerprint density at radius 1 is 1.28 bits per heavy atom. The Balaban J connectivity index is 1.75. The Bertz CT molecular complexity index is 492. The molecule has 2 heterocycles. The van der Waals surface area contributed by atoms with Crippen LogP contribution in [0.4, 0.5) is 0 Å². The van der Waals surface area contributed by atoms with Gasteiger partial charge in [-0.1, -0.05) is 24.3 Å². The van der Waals surface area contributed by atoms with E-state index in [4.69, 9.17) is 0 Å². The first-order chi connectivity index (χ1) is 8.93. The molecule has 0 amide bonds. The maximum Gasteiger partial charge on any atom is 0.0490 e. The average Bonchev–Trinajstić information content (AvgIpc) is 2.84. The molecule has 1 aliphatic rings. The number of fused-ring (bicyclic) bond motifs is 1. The van der Waals surface area contributed by atoms with Crippen molar-refractivity contribution in [1.82, 2.24) is 20.8 Å². The smallest absolute Gasteiger partial charge is 0.0490 e. The van der Waals surface area contributed by atoms with E-state index < -0.39 is 0 Å². The molecule has 0 spiro atoms. The van der Waals surface area contributed by atoms with Crippen molar-refractivity contribution in [3.63, 3.8) is 0 Å². The second-order valence-electron chi connectivity index (χ2n) is 4.68. The Morgan fingerprint density at radius 3 is 3.11 bits per heavy atom. The van der Waals surface area contributed by atoms with Crippen molar-refractivity contribution in [2.24, 2.45) is 0 Å². The van der Waals surface area contributed by atoms with Crippen molar-refractivity contribution < 1.29 is 0 Å². The van der Waals surface area contributed by atoms with Crippen molar-refractivity contribution in [3.05, 3.63) is 53.3 Å². The second kappa shape index (κ2) is 5.33. The summed E-state index contributed by atoms with van der Waals surface area (Å²) in [5.74, 6) is 0. The van der Waals surface area contributed by atoms with Crippen LogP contribution in [0, 0.1) is 0 Å². The highest BCUT2D eigenvalue weighted by atomic mass is 15.1. The zero-order chi connectivity index (χ0) is 12.2. The van der Waals surface area contributed by atoms with Crippen molar-refractivity contribution in [2.45, 2.75) is 25.6 Å². The molecule has 4 nitrogen and oxygen atoms in total. The van der Waals surface area contributed by atoms with Gasteiger partial charge in [0.05, 0.1) is 0 Å². The predicted molar refractivity (Wildman–Crippen MR) is 70.9 cm³/mol. The molecule has 0 fully saturated rings. The van der Waals surface area contributed by atoms with E-state index in [1.165, 1.54) is 11.1 Å². The van der Waals surface area contributed by atoms with Gasteiger partial charge >= 0.3 is 0 Å². The lowest BCUT2D eigenvalue weighted by molar-refractivity contribution is 0.492. The second-order valence-corrected chi connectivity index (χ2v) is 4.68. The molecule has 2 aromatic rings. The molecule has 1 aromatic heterocycles. The standard InChI is InChI=1S/C14H18N4/c1-2-4-13-11(3-1)9-15-7-6-14(13)16-10-12-5-8-17-18-12/h1-5,8,14-16H,6-7,9-10H2,(H,17,18). The largest absolute Gasteiger partial charge is 0.313 e. The molecule has 0 bridgehead atoms. The van der Waals surface area contributed by atoms with E-state index in [0.717, 1.165) is 31.7 Å². The minimum absolute atomic E-state index is 0.416. The van der Waals surface area contributed by atoms with Gasteiger partial charge in [-0.05, 0) is 30.2 Å². The number of H-pyrrole nitrogens is 1. The average molecular weight is 242 g/mol. The molecule has 94 valence electrons. The fourth-order valence-electron chi connectivity index (χ4n) is 2.49. The first kappa shape index (κ1) is 11.4. The number of nitrogens with one attached hydrogen (secondary N) is 3. The highest BCUT2D eigenvalue weighted by molar-refractivity contribution is 5.31. The number of hydrogen-bond donors (Lipinski definition) is 3. The van der Waals surface area contributed by atoms with Gasteiger partial charge in [-0.15, -0.1) is 0 Å². The summed E-state index contributed by atoms with van der Waals surface area (Å²) in [6.45, 7) is 2.85. The molecule has 0 aliphatic carbocycles. The maximum absolute atomic E-state index is 3.97. The van der Waals surface area contributed by atoms with Gasteiger partial charge in [-0.25, -0.2) is 0 Å². The highest BCUT2D eigenvalue weighted by Gasteiger charge is 2.17. The lowest BCUT2D eigenvalue weighted by Gasteiger charge is -2.18. The van der Waals surface area contributed by atoms with E-state index >= 15 is 0 Å². The summed E-state index contributed by atoms with van der Waals surface area (Å²) in [6.07, 6.45) is 2.91. The van der Waals surface area contributed by atoms with E-state index in [1.807, 2.05) is 6.07 Å². The molecular weight excluding hydrogens is 224 g/mol. The minimum Gasteiger partial charge on any atom is -0.313 e. The third-order valence-corrected chi connectivity index (χ3v) is 3.45. The third-order valence-electron chi connectivity index (χ3n) is 3.45. The van der Waals surface area contributed by atoms with E-state index in [1.54, 1.807) is 6.20 Å². The van der Waals surface area contributed by atoms with Crippen LogP contribution in [-0.2, 0) is 13.1 Å². The van der Waals surface area contributed by atoms with Crippen LogP contribution in [0.25, 0.3) is 0 Å². The van der Waals surface area contributed by atoms with Gasteiger partial charge in [-0.2, -0.15) is 5.10 Å². The fourth-order valence-corrected chi connectivity index (χ4v) is 2.49. The maximum atomic E-state index is 3.97. The van der Waals surface area contributed by atoms with E-state index in [9.17, 15) is 0 Å². The summed E-state index contributed by atoms with van der Waals surface area (Å²) in [6, 6.07) is 11.1. The van der Waals surface area contributed by atoms with Crippen molar-refractivity contribution in [3.8, 4) is 0 Å². The first-order valence-corrected chi connectivity index (χ1v) is 6.43. The minimum atomic E-state index is 0.416. The van der Waals surface area contributed by atoms with Gasteiger partial charge in [0.1, 0.15) is 0 Å². The predicted octanol–water partition coefficient (Wildman–Crippen LogP) is 1.73. The molecule has 1 aromatic carbocycles. The Hall–Kier alpha value is -1.65. The quantitative estimate of drug-likeness (QED) is 0.768. The Labute approximate surface area is 107 Å². The first-order valence-electron chi connectivity index (χ1n) is 6.43.